The van der Waals surface area contributed by atoms with Crippen molar-refractivity contribution in [2.45, 2.75) is 71.8 Å². The Morgan fingerprint density at radius 3 is 2.42 bits per heavy atom. The molecule has 0 fully saturated rings. The molecule has 2 aromatic carbocycles. The number of nitrogens with zero attached hydrogens (tertiary/aromatic N) is 1. The second-order valence-corrected chi connectivity index (χ2v) is 9.16. The van der Waals surface area contributed by atoms with Crippen LogP contribution < -0.4 is 5.32 Å². The molecule has 0 aliphatic heterocycles. The van der Waals surface area contributed by atoms with Crippen molar-refractivity contribution in [2.75, 3.05) is 5.75 Å². The molecule has 0 aromatic heterocycles. The zero-order chi connectivity index (χ0) is 22.8. The van der Waals surface area contributed by atoms with E-state index in [9.17, 15) is 9.59 Å². The number of carbonyl (C=O) groups excluding carboxylic acids is 2. The summed E-state index contributed by atoms with van der Waals surface area (Å²) in [6.45, 7) is 10.6. The highest BCUT2D eigenvalue weighted by Crippen LogP contribution is 2.19. The number of amides is 2. The number of nitrogens with one attached hydrogen (secondary N) is 1. The van der Waals surface area contributed by atoms with Gasteiger partial charge in [-0.3, -0.25) is 9.59 Å². The minimum absolute atomic E-state index is 0.00653. The van der Waals surface area contributed by atoms with Crippen LogP contribution in [0.4, 0.5) is 0 Å². The Labute approximate surface area is 191 Å². The summed E-state index contributed by atoms with van der Waals surface area (Å²) < 4.78 is 0. The van der Waals surface area contributed by atoms with E-state index in [1.54, 1.807) is 16.7 Å². The van der Waals surface area contributed by atoms with Crippen molar-refractivity contribution in [3.8, 4) is 0 Å². The van der Waals surface area contributed by atoms with Gasteiger partial charge in [-0.05, 0) is 50.3 Å². The van der Waals surface area contributed by atoms with Gasteiger partial charge in [-0.1, -0.05) is 67.9 Å². The normalized spacial score (nSPS) is 12.8. The lowest BCUT2D eigenvalue weighted by atomic mass is 10.1. The average Bonchev–Trinajstić information content (AvgIpc) is 2.74. The van der Waals surface area contributed by atoms with Gasteiger partial charge >= 0.3 is 0 Å². The summed E-state index contributed by atoms with van der Waals surface area (Å²) in [7, 11) is 0. The first kappa shape index (κ1) is 25.0. The highest BCUT2D eigenvalue weighted by molar-refractivity contribution is 7.99. The summed E-state index contributed by atoms with van der Waals surface area (Å²) in [4.78, 5) is 28.1. The molecule has 0 aliphatic carbocycles. The second-order valence-electron chi connectivity index (χ2n) is 8.17. The van der Waals surface area contributed by atoms with Crippen LogP contribution >= 0.6 is 11.8 Å². The lowest BCUT2D eigenvalue weighted by Gasteiger charge is -2.32. The molecule has 2 atom stereocenters. The molecule has 5 heteroatoms. The molecule has 0 spiro atoms. The molecular weight excluding hydrogens is 404 g/mol. The maximum absolute atomic E-state index is 13.3. The first-order valence-corrected chi connectivity index (χ1v) is 12.3. The average molecular weight is 441 g/mol. The van der Waals surface area contributed by atoms with Crippen molar-refractivity contribution >= 4 is 23.6 Å². The fourth-order valence-corrected chi connectivity index (χ4v) is 4.33. The van der Waals surface area contributed by atoms with E-state index in [0.29, 0.717) is 18.7 Å². The maximum Gasteiger partial charge on any atom is 0.243 e. The van der Waals surface area contributed by atoms with Crippen LogP contribution in [0.15, 0.2) is 48.5 Å². The van der Waals surface area contributed by atoms with Gasteiger partial charge in [0.15, 0.2) is 0 Å². The monoisotopic (exact) mass is 440 g/mol. The molecule has 0 bridgehead atoms. The van der Waals surface area contributed by atoms with Gasteiger partial charge in [0, 0.05) is 18.3 Å². The fourth-order valence-electron chi connectivity index (χ4n) is 3.47. The molecule has 2 aromatic rings. The van der Waals surface area contributed by atoms with Crippen LogP contribution in [0.5, 0.6) is 0 Å². The van der Waals surface area contributed by atoms with Gasteiger partial charge in [0.1, 0.15) is 6.04 Å². The summed E-state index contributed by atoms with van der Waals surface area (Å²) >= 11 is 1.60. The Morgan fingerprint density at radius 1 is 1.03 bits per heavy atom. The third-order valence-corrected chi connectivity index (χ3v) is 6.55. The number of aryl methyl sites for hydroxylation is 2. The van der Waals surface area contributed by atoms with Crippen molar-refractivity contribution in [2.24, 2.45) is 0 Å². The standard InChI is InChI=1S/C26H36N2O2S/c1-6-21(5)27-26(30)24(7-2)28(16-23-14-9-8-12-20(23)4)25(29)18-31-17-22-13-10-11-19(3)15-22/h8-15,21,24H,6-7,16-18H2,1-5H3,(H,27,30)/t21-,24+/m0/s1. The number of carbonyl (C=O) groups is 2. The molecule has 2 amide bonds. The van der Waals surface area contributed by atoms with Gasteiger partial charge in [0.25, 0.3) is 0 Å². The summed E-state index contributed by atoms with van der Waals surface area (Å²) in [5.41, 5.74) is 4.64. The lowest BCUT2D eigenvalue weighted by molar-refractivity contribution is -0.139. The predicted octanol–water partition coefficient (Wildman–Crippen LogP) is 5.26. The zero-order valence-corrected chi connectivity index (χ0v) is 20.3. The Balaban J connectivity index is 2.15. The van der Waals surface area contributed by atoms with Crippen LogP contribution in [0.2, 0.25) is 0 Å². The van der Waals surface area contributed by atoms with Gasteiger partial charge in [0.05, 0.1) is 5.75 Å². The number of hydrogen-bond donors (Lipinski definition) is 1. The van der Waals surface area contributed by atoms with Crippen LogP contribution in [0.1, 0.15) is 55.9 Å². The highest BCUT2D eigenvalue weighted by atomic mass is 32.2. The highest BCUT2D eigenvalue weighted by Gasteiger charge is 2.29. The molecule has 1 N–H and O–H groups in total. The Morgan fingerprint density at radius 2 is 1.77 bits per heavy atom. The number of rotatable bonds is 11. The van der Waals surface area contributed by atoms with E-state index in [1.807, 2.05) is 58.0 Å². The predicted molar refractivity (Wildman–Crippen MR) is 131 cm³/mol. The van der Waals surface area contributed by atoms with Crippen molar-refractivity contribution < 1.29 is 9.59 Å². The first-order chi connectivity index (χ1) is 14.8. The van der Waals surface area contributed by atoms with E-state index in [1.165, 1.54) is 11.1 Å². The van der Waals surface area contributed by atoms with Gasteiger partial charge in [0.2, 0.25) is 11.8 Å². The Bertz CT molecular complexity index is 868. The smallest absolute Gasteiger partial charge is 0.243 e. The van der Waals surface area contributed by atoms with Gasteiger partial charge < -0.3 is 10.2 Å². The molecule has 31 heavy (non-hydrogen) atoms. The van der Waals surface area contributed by atoms with Gasteiger partial charge in [-0.15, -0.1) is 11.8 Å². The number of hydrogen-bond acceptors (Lipinski definition) is 3. The Hall–Kier alpha value is -2.27. The minimum atomic E-state index is -0.472. The second kappa shape index (κ2) is 12.6. The van der Waals surface area contributed by atoms with E-state index < -0.39 is 6.04 Å². The summed E-state index contributed by atoms with van der Waals surface area (Å²) in [5.74, 6) is 1.07. The van der Waals surface area contributed by atoms with Crippen LogP contribution in [0.25, 0.3) is 0 Å². The van der Waals surface area contributed by atoms with E-state index in [2.05, 4.69) is 30.4 Å². The maximum atomic E-state index is 13.3. The molecular formula is C26H36N2O2S. The summed E-state index contributed by atoms with van der Waals surface area (Å²) in [6, 6.07) is 16.0. The van der Waals surface area contributed by atoms with E-state index in [0.717, 1.165) is 23.3 Å². The Kier molecular flexibility index (Phi) is 10.1. The SMILES string of the molecule is CC[C@H](C(=O)N[C@@H](C)CC)N(Cc1ccccc1C)C(=O)CSCc1cccc(C)c1. The number of thioether (sulfide) groups is 1. The summed E-state index contributed by atoms with van der Waals surface area (Å²) in [5, 5.41) is 3.06. The van der Waals surface area contributed by atoms with Crippen molar-refractivity contribution in [1.29, 1.82) is 0 Å². The number of benzene rings is 2. The molecule has 0 unspecified atom stereocenters. The van der Waals surface area contributed by atoms with Crippen LogP contribution in [0.3, 0.4) is 0 Å². The van der Waals surface area contributed by atoms with Crippen LogP contribution in [-0.2, 0) is 21.9 Å². The van der Waals surface area contributed by atoms with Crippen molar-refractivity contribution in [1.82, 2.24) is 10.2 Å². The van der Waals surface area contributed by atoms with Gasteiger partial charge in [-0.25, -0.2) is 0 Å². The van der Waals surface area contributed by atoms with Crippen molar-refractivity contribution in [3.05, 3.63) is 70.8 Å². The fraction of sp³-hybridized carbons (Fsp3) is 0.462. The molecule has 0 saturated carbocycles. The lowest BCUT2D eigenvalue weighted by Crippen LogP contribution is -2.51. The van der Waals surface area contributed by atoms with E-state index in [4.69, 9.17) is 0 Å². The molecule has 0 radical (unpaired) electrons. The molecule has 168 valence electrons. The minimum Gasteiger partial charge on any atom is -0.352 e. The third-order valence-electron chi connectivity index (χ3n) is 5.57. The van der Waals surface area contributed by atoms with Crippen LogP contribution in [0, 0.1) is 13.8 Å². The molecule has 0 aliphatic rings. The van der Waals surface area contributed by atoms with Crippen molar-refractivity contribution in [3.63, 3.8) is 0 Å². The quantitative estimate of drug-likeness (QED) is 0.519. The third kappa shape index (κ3) is 7.73. The largest absolute Gasteiger partial charge is 0.352 e. The molecule has 0 heterocycles. The molecule has 4 nitrogen and oxygen atoms in total. The van der Waals surface area contributed by atoms with Crippen LogP contribution in [-0.4, -0.2) is 34.6 Å². The molecule has 2 rings (SSSR count). The van der Waals surface area contributed by atoms with E-state index in [-0.39, 0.29) is 17.9 Å². The van der Waals surface area contributed by atoms with E-state index >= 15 is 0 Å². The zero-order valence-electron chi connectivity index (χ0n) is 19.5. The molecule has 0 saturated heterocycles. The van der Waals surface area contributed by atoms with Gasteiger partial charge in [-0.2, -0.15) is 0 Å². The first-order valence-electron chi connectivity index (χ1n) is 11.1. The summed E-state index contributed by atoms with van der Waals surface area (Å²) in [6.07, 6.45) is 1.45. The topological polar surface area (TPSA) is 49.4 Å².